The highest BCUT2D eigenvalue weighted by Crippen LogP contribution is 2.19. The van der Waals surface area contributed by atoms with Crippen LogP contribution in [0.15, 0.2) is 84.0 Å². The smallest absolute Gasteiger partial charge is 0.171 e. The SMILES string of the molecule is Cc1ccc(/C(=N\O)c2ccccc2C(=O)CC(=O)c2ccccc2)cc1. The maximum absolute atomic E-state index is 12.8. The normalized spacial score (nSPS) is 11.2. The minimum Gasteiger partial charge on any atom is -0.410 e. The topological polar surface area (TPSA) is 66.7 Å². The molecule has 1 N–H and O–H groups in total. The molecule has 4 heteroatoms. The molecule has 3 rings (SSSR count). The lowest BCUT2D eigenvalue weighted by Crippen LogP contribution is -2.14. The monoisotopic (exact) mass is 357 g/mol. The second kappa shape index (κ2) is 8.23. The number of hydrogen-bond donors (Lipinski definition) is 1. The highest BCUT2D eigenvalue weighted by atomic mass is 16.4. The fourth-order valence-electron chi connectivity index (χ4n) is 2.88. The van der Waals surface area contributed by atoms with Crippen molar-refractivity contribution in [3.63, 3.8) is 0 Å². The molecule has 0 aromatic heterocycles. The predicted octanol–water partition coefficient (Wildman–Crippen LogP) is 4.68. The molecule has 0 aliphatic rings. The molecular weight excluding hydrogens is 338 g/mol. The lowest BCUT2D eigenvalue weighted by atomic mass is 9.92. The summed E-state index contributed by atoms with van der Waals surface area (Å²) < 4.78 is 0. The fourth-order valence-corrected chi connectivity index (χ4v) is 2.88. The molecule has 0 aliphatic heterocycles. The zero-order valence-electron chi connectivity index (χ0n) is 14.9. The molecule has 4 nitrogen and oxygen atoms in total. The molecule has 0 radical (unpaired) electrons. The van der Waals surface area contributed by atoms with Crippen LogP contribution in [0.2, 0.25) is 0 Å². The second-order valence-electron chi connectivity index (χ2n) is 6.25. The standard InChI is InChI=1S/C23H19NO3/c1-16-11-13-18(14-12-16)23(24-27)20-10-6-5-9-19(20)22(26)15-21(25)17-7-3-2-4-8-17/h2-14,27H,15H2,1H3/b24-23+. The van der Waals surface area contributed by atoms with E-state index in [-0.39, 0.29) is 18.0 Å². The van der Waals surface area contributed by atoms with Crippen molar-refractivity contribution < 1.29 is 14.8 Å². The number of rotatable bonds is 6. The highest BCUT2D eigenvalue weighted by molar-refractivity contribution is 6.21. The van der Waals surface area contributed by atoms with Gasteiger partial charge in [-0.2, -0.15) is 0 Å². The summed E-state index contributed by atoms with van der Waals surface area (Å²) in [6.07, 6.45) is -0.242. The number of oxime groups is 1. The van der Waals surface area contributed by atoms with E-state index in [0.717, 1.165) is 5.56 Å². The van der Waals surface area contributed by atoms with Gasteiger partial charge in [-0.1, -0.05) is 89.6 Å². The average molecular weight is 357 g/mol. The molecule has 0 amide bonds. The van der Waals surface area contributed by atoms with Crippen LogP contribution in [0.3, 0.4) is 0 Å². The first kappa shape index (κ1) is 18.3. The van der Waals surface area contributed by atoms with Gasteiger partial charge in [-0.3, -0.25) is 9.59 Å². The Morgan fingerprint density at radius 1 is 0.741 bits per heavy atom. The first-order valence-electron chi connectivity index (χ1n) is 8.60. The average Bonchev–Trinajstić information content (AvgIpc) is 2.71. The van der Waals surface area contributed by atoms with Gasteiger partial charge in [0.2, 0.25) is 0 Å². The summed E-state index contributed by atoms with van der Waals surface area (Å²) in [6.45, 7) is 1.96. The number of carbonyl (C=O) groups is 2. The third-order valence-corrected chi connectivity index (χ3v) is 4.32. The number of ketones is 2. The van der Waals surface area contributed by atoms with Crippen molar-refractivity contribution in [2.45, 2.75) is 13.3 Å². The lowest BCUT2D eigenvalue weighted by Gasteiger charge is -2.11. The van der Waals surface area contributed by atoms with E-state index < -0.39 is 0 Å². The van der Waals surface area contributed by atoms with Crippen LogP contribution in [-0.2, 0) is 0 Å². The fraction of sp³-hybridized carbons (Fsp3) is 0.0870. The molecular formula is C23H19NO3. The highest BCUT2D eigenvalue weighted by Gasteiger charge is 2.20. The lowest BCUT2D eigenvalue weighted by molar-refractivity contribution is 0.0894. The van der Waals surface area contributed by atoms with Gasteiger partial charge in [0.15, 0.2) is 11.6 Å². The Morgan fingerprint density at radius 2 is 1.33 bits per heavy atom. The van der Waals surface area contributed by atoms with Gasteiger partial charge in [-0.25, -0.2) is 0 Å². The van der Waals surface area contributed by atoms with Crippen LogP contribution in [0.25, 0.3) is 0 Å². The zero-order valence-corrected chi connectivity index (χ0v) is 14.9. The van der Waals surface area contributed by atoms with E-state index in [1.807, 2.05) is 37.3 Å². The van der Waals surface area contributed by atoms with Gasteiger partial charge in [0.05, 0.1) is 6.42 Å². The second-order valence-corrected chi connectivity index (χ2v) is 6.25. The van der Waals surface area contributed by atoms with Gasteiger partial charge in [-0.05, 0) is 6.92 Å². The van der Waals surface area contributed by atoms with E-state index in [2.05, 4.69) is 5.16 Å². The number of hydrogen-bond acceptors (Lipinski definition) is 4. The van der Waals surface area contributed by atoms with Crippen LogP contribution in [0, 0.1) is 6.92 Å². The number of carbonyl (C=O) groups excluding carboxylic acids is 2. The van der Waals surface area contributed by atoms with Crippen molar-refractivity contribution in [2.75, 3.05) is 0 Å². The molecule has 3 aromatic rings. The van der Waals surface area contributed by atoms with Gasteiger partial charge in [0, 0.05) is 22.3 Å². The van der Waals surface area contributed by atoms with Crippen molar-refractivity contribution in [3.8, 4) is 0 Å². The molecule has 0 fully saturated rings. The summed E-state index contributed by atoms with van der Waals surface area (Å²) in [5.74, 6) is -0.555. The zero-order chi connectivity index (χ0) is 19.2. The van der Waals surface area contributed by atoms with Crippen molar-refractivity contribution in [2.24, 2.45) is 5.16 Å². The molecule has 0 spiro atoms. The molecule has 0 saturated carbocycles. The molecule has 0 atom stereocenters. The van der Waals surface area contributed by atoms with Gasteiger partial charge >= 0.3 is 0 Å². The Bertz CT molecular complexity index is 990. The van der Waals surface area contributed by atoms with Gasteiger partial charge in [0.25, 0.3) is 0 Å². The van der Waals surface area contributed by atoms with Crippen LogP contribution in [0.4, 0.5) is 0 Å². The largest absolute Gasteiger partial charge is 0.410 e. The van der Waals surface area contributed by atoms with Crippen LogP contribution in [0.1, 0.15) is 43.8 Å². The Labute approximate surface area is 157 Å². The van der Waals surface area contributed by atoms with Crippen molar-refractivity contribution in [1.29, 1.82) is 0 Å². The number of Topliss-reactive ketones (excluding diaryl/α,β-unsaturated/α-hetero) is 2. The summed E-state index contributed by atoms with van der Waals surface area (Å²) in [6, 6.07) is 23.1. The van der Waals surface area contributed by atoms with Gasteiger partial charge < -0.3 is 5.21 Å². The van der Waals surface area contributed by atoms with E-state index >= 15 is 0 Å². The van der Waals surface area contributed by atoms with E-state index in [1.54, 1.807) is 48.5 Å². The first-order valence-corrected chi connectivity index (χ1v) is 8.60. The Hall–Kier alpha value is -3.53. The van der Waals surface area contributed by atoms with Crippen molar-refractivity contribution in [1.82, 2.24) is 0 Å². The van der Waals surface area contributed by atoms with Crippen molar-refractivity contribution in [3.05, 3.63) is 107 Å². The minimum atomic E-state index is -0.312. The maximum Gasteiger partial charge on any atom is 0.171 e. The molecule has 3 aromatic carbocycles. The predicted molar refractivity (Wildman–Crippen MR) is 105 cm³/mol. The van der Waals surface area contributed by atoms with E-state index in [0.29, 0.717) is 28.0 Å². The van der Waals surface area contributed by atoms with Crippen LogP contribution >= 0.6 is 0 Å². The summed E-state index contributed by atoms with van der Waals surface area (Å²) in [5.41, 5.74) is 3.42. The Morgan fingerprint density at radius 3 is 1.96 bits per heavy atom. The molecule has 0 aliphatic carbocycles. The minimum absolute atomic E-state index is 0.242. The Balaban J connectivity index is 1.92. The van der Waals surface area contributed by atoms with Crippen LogP contribution in [-0.4, -0.2) is 22.5 Å². The van der Waals surface area contributed by atoms with E-state index in [1.165, 1.54) is 0 Å². The molecule has 0 saturated heterocycles. The van der Waals surface area contributed by atoms with Crippen LogP contribution in [0.5, 0.6) is 0 Å². The summed E-state index contributed by atoms with van der Waals surface area (Å²) in [7, 11) is 0. The molecule has 0 unspecified atom stereocenters. The number of benzene rings is 3. The van der Waals surface area contributed by atoms with Gasteiger partial charge in [0.1, 0.15) is 5.71 Å². The quantitative estimate of drug-likeness (QED) is 0.229. The third-order valence-electron chi connectivity index (χ3n) is 4.32. The van der Waals surface area contributed by atoms with E-state index in [9.17, 15) is 14.8 Å². The first-order chi connectivity index (χ1) is 13.1. The number of nitrogens with zero attached hydrogens (tertiary/aromatic N) is 1. The summed E-state index contributed by atoms with van der Waals surface area (Å²) in [5, 5.41) is 13.0. The maximum atomic E-state index is 12.8. The van der Waals surface area contributed by atoms with Crippen LogP contribution < -0.4 is 0 Å². The van der Waals surface area contributed by atoms with Crippen molar-refractivity contribution >= 4 is 17.3 Å². The molecule has 134 valence electrons. The number of aryl methyl sites for hydroxylation is 1. The Kier molecular flexibility index (Phi) is 5.57. The molecule has 0 heterocycles. The van der Waals surface area contributed by atoms with E-state index in [4.69, 9.17) is 0 Å². The van der Waals surface area contributed by atoms with Gasteiger partial charge in [-0.15, -0.1) is 0 Å². The summed E-state index contributed by atoms with van der Waals surface area (Å²) >= 11 is 0. The molecule has 0 bridgehead atoms. The molecule has 27 heavy (non-hydrogen) atoms. The summed E-state index contributed by atoms with van der Waals surface area (Å²) in [4.78, 5) is 25.2. The third kappa shape index (κ3) is 4.18.